The van der Waals surface area contributed by atoms with E-state index in [1.54, 1.807) is 59.9 Å². The van der Waals surface area contributed by atoms with Crippen molar-refractivity contribution in [1.82, 2.24) is 39.1 Å². The molecular formula is C110H98F4N8O4S. The van der Waals surface area contributed by atoms with E-state index in [2.05, 4.69) is 175 Å². The minimum atomic E-state index is -0.523. The second-order valence-electron chi connectivity index (χ2n) is 37.2. The summed E-state index contributed by atoms with van der Waals surface area (Å²) in [5.74, 6) is -0.384. The maximum atomic E-state index is 13.4. The van der Waals surface area contributed by atoms with Crippen LogP contribution in [0.25, 0.3) is 89.5 Å². The summed E-state index contributed by atoms with van der Waals surface area (Å²) in [7, 11) is 0. The van der Waals surface area contributed by atoms with Gasteiger partial charge in [-0.3, -0.25) is 0 Å². The zero-order chi connectivity index (χ0) is 86.8. The van der Waals surface area contributed by atoms with Crippen LogP contribution >= 0.6 is 11.3 Å². The number of fused-ring (bicyclic) bond motifs is 12. The van der Waals surface area contributed by atoms with E-state index in [0.29, 0.717) is 0 Å². The summed E-state index contributed by atoms with van der Waals surface area (Å²) in [6, 6.07) is 77.8. The molecule has 11 aromatic carbocycles. The molecule has 4 N–H and O–H groups in total. The summed E-state index contributed by atoms with van der Waals surface area (Å²) >= 11 is 1.71. The number of hydrogen-bond acceptors (Lipinski definition) is 9. The van der Waals surface area contributed by atoms with Crippen molar-refractivity contribution in [3.05, 3.63) is 392 Å². The third-order valence-electron chi connectivity index (χ3n) is 30.1. The molecule has 0 saturated heterocycles. The molecule has 4 saturated carbocycles. The molecule has 16 aromatic rings. The molecule has 5 aromatic heterocycles. The fraction of sp³-hybridized carbons (Fsp3) is 0.255. The Morgan fingerprint density at radius 1 is 0.315 bits per heavy atom. The second-order valence-corrected chi connectivity index (χ2v) is 38.1. The van der Waals surface area contributed by atoms with Gasteiger partial charge in [-0.15, -0.1) is 11.3 Å². The number of allylic oxidation sites excluding steroid dienone is 4. The summed E-state index contributed by atoms with van der Waals surface area (Å²) < 4.78 is 62.3. The topological polar surface area (TPSA) is 152 Å². The van der Waals surface area contributed by atoms with Crippen LogP contribution in [0.5, 0.6) is 0 Å². The maximum Gasteiger partial charge on any atom is 0.123 e. The van der Waals surface area contributed by atoms with Crippen LogP contribution in [0.1, 0.15) is 171 Å². The van der Waals surface area contributed by atoms with Crippen LogP contribution in [0.4, 0.5) is 17.6 Å². The molecule has 0 aliphatic heterocycles. The van der Waals surface area contributed by atoms with Gasteiger partial charge in [0.05, 0.1) is 94.7 Å². The summed E-state index contributed by atoms with van der Waals surface area (Å²) in [5.41, 5.74) is 21.6. The van der Waals surface area contributed by atoms with E-state index in [-0.39, 0.29) is 68.6 Å². The van der Waals surface area contributed by atoms with Crippen LogP contribution in [0, 0.1) is 68.6 Å². The molecule has 0 amide bonds. The predicted molar refractivity (Wildman–Crippen MR) is 498 cm³/mol. The van der Waals surface area contributed by atoms with Crippen LogP contribution in [0.3, 0.4) is 0 Å². The summed E-state index contributed by atoms with van der Waals surface area (Å²) in [5, 5.41) is 74.7. The standard InChI is InChI=1S/3C28H25FN2O.C26H23FN2OS/c1-28-16-19-17-30-31(22-12-10-21(29)11-13-22)26(19)15-20(28)9-14-25(28)27(32)24-8-4-6-18-5-2-3-7-23(18)24;2*1-28-16-21-17-30-31(24-11-9-23(29)10-12-24)26(21)15-22(28)8-13-25(28)27(32)20-7-6-18-4-2-3-5-19(18)14-20;1-26-13-16-14-28-29(19-9-7-18(27)8-10-19)23(16)12-17(26)6-11-22(26)25(30)21-15-31-24-5-3-2-4-20(21)24/h2-8,10-13,15,17,25,27,32H,9,14,16H2,1H3;2*2-7,9-12,14-15,17,25,27,32H,8,13,16H2,1H3;2-5,7-10,12,14-15,22,25,30H,6,11,13H2,1H3/t2*25-,27+,28+;25-,27-,28+;22-,25-,26+/m1111/s1. The van der Waals surface area contributed by atoms with Gasteiger partial charge in [0.1, 0.15) is 23.3 Å². The van der Waals surface area contributed by atoms with Crippen LogP contribution in [-0.4, -0.2) is 59.5 Å². The van der Waals surface area contributed by atoms with E-state index in [4.69, 9.17) is 0 Å². The Kier molecular flexibility index (Phi) is 20.8. The fourth-order valence-corrected chi connectivity index (χ4v) is 24.1. The van der Waals surface area contributed by atoms with Gasteiger partial charge in [0.25, 0.3) is 0 Å². The van der Waals surface area contributed by atoms with Gasteiger partial charge in [-0.1, -0.05) is 183 Å². The second kappa shape index (κ2) is 32.4. The largest absolute Gasteiger partial charge is 0.388 e. The Bertz CT molecular complexity index is 6830. The molecule has 0 radical (unpaired) electrons. The maximum absolute atomic E-state index is 13.4. The van der Waals surface area contributed by atoms with Crippen LogP contribution in [0.2, 0.25) is 0 Å². The number of aliphatic hydroxyl groups excluding tert-OH is 4. The van der Waals surface area contributed by atoms with Gasteiger partial charge in [-0.25, -0.2) is 36.3 Å². The van der Waals surface area contributed by atoms with Crippen molar-refractivity contribution in [2.45, 2.75) is 129 Å². The molecule has 636 valence electrons. The number of hydrogen-bond donors (Lipinski definition) is 4. The van der Waals surface area contributed by atoms with Crippen molar-refractivity contribution >= 4 is 78.0 Å². The molecule has 0 unspecified atom stereocenters. The summed E-state index contributed by atoms with van der Waals surface area (Å²) in [6.45, 7) is 9.17. The molecule has 5 heterocycles. The minimum Gasteiger partial charge on any atom is -0.388 e. The number of rotatable bonds is 12. The van der Waals surface area contributed by atoms with Crippen molar-refractivity contribution in [1.29, 1.82) is 0 Å². The predicted octanol–water partition coefficient (Wildman–Crippen LogP) is 25.1. The molecule has 17 heteroatoms. The van der Waals surface area contributed by atoms with E-state index < -0.39 is 24.4 Å². The first-order valence-electron chi connectivity index (χ1n) is 44.4. The zero-order valence-electron chi connectivity index (χ0n) is 71.3. The minimum absolute atomic E-state index is 0.0912. The lowest BCUT2D eigenvalue weighted by Gasteiger charge is -2.38. The highest BCUT2D eigenvalue weighted by Gasteiger charge is 2.53. The average Bonchev–Trinajstić information content (AvgIpc) is 1.59. The first-order valence-corrected chi connectivity index (χ1v) is 45.3. The smallest absolute Gasteiger partial charge is 0.123 e. The molecule has 4 fully saturated rings. The summed E-state index contributed by atoms with van der Waals surface area (Å²) in [6.07, 6.45) is 25.9. The lowest BCUT2D eigenvalue weighted by molar-refractivity contribution is 0.0554. The van der Waals surface area contributed by atoms with Gasteiger partial charge in [0.15, 0.2) is 0 Å². The zero-order valence-corrected chi connectivity index (χ0v) is 72.1. The van der Waals surface area contributed by atoms with Crippen molar-refractivity contribution in [2.24, 2.45) is 45.3 Å². The van der Waals surface area contributed by atoms with Crippen molar-refractivity contribution in [3.63, 3.8) is 0 Å². The molecule has 8 aliphatic rings. The molecule has 12 nitrogen and oxygen atoms in total. The van der Waals surface area contributed by atoms with E-state index in [0.717, 1.165) is 166 Å². The average molecular weight is 1700 g/mol. The third-order valence-corrected chi connectivity index (χ3v) is 31.1. The number of halogens is 4. The monoisotopic (exact) mass is 1700 g/mol. The van der Waals surface area contributed by atoms with Crippen LogP contribution in [-0.2, 0) is 25.7 Å². The van der Waals surface area contributed by atoms with Crippen LogP contribution in [0.15, 0.2) is 301 Å². The van der Waals surface area contributed by atoms with Crippen LogP contribution < -0.4 is 0 Å². The SMILES string of the molecule is C[C@]12Cc3cnn(-c4ccc(F)cc4)c3C=C1CC[C@@H]2[C@@H](O)c1ccc2ccccc2c1.C[C@]12Cc3cnn(-c4ccc(F)cc4)c3C=C1CC[C@@H]2[C@@H](O)c1cccc2ccccc12.C[C@]12Cc3cnn(-c4ccc(F)cc4)c3C=C1CC[C@@H]2[C@H](O)c1ccc2ccccc2c1.C[C@]12Cc3cnn(-c4ccc(F)cc4)c3C=C1CC[C@@H]2[C@H](O)c1csc2ccccc12. The molecule has 8 aliphatic carbocycles. The molecule has 0 spiro atoms. The van der Waals surface area contributed by atoms with E-state index in [1.807, 2.05) is 98.1 Å². The van der Waals surface area contributed by atoms with Gasteiger partial charge >= 0.3 is 0 Å². The molecular weight excluding hydrogens is 1610 g/mol. The molecule has 0 bridgehead atoms. The third kappa shape index (κ3) is 14.5. The molecule has 24 rings (SSSR count). The number of aromatic nitrogens is 8. The molecule has 127 heavy (non-hydrogen) atoms. The Morgan fingerprint density at radius 2 is 0.614 bits per heavy atom. The van der Waals surface area contributed by atoms with Crippen molar-refractivity contribution < 1.29 is 38.0 Å². The summed E-state index contributed by atoms with van der Waals surface area (Å²) in [4.78, 5) is 0. The van der Waals surface area contributed by atoms with E-state index in [1.165, 1.54) is 114 Å². The van der Waals surface area contributed by atoms with Crippen molar-refractivity contribution in [3.8, 4) is 22.7 Å². The highest BCUT2D eigenvalue weighted by Crippen LogP contribution is 2.62. The lowest BCUT2D eigenvalue weighted by Crippen LogP contribution is -2.32. The lowest BCUT2D eigenvalue weighted by atomic mass is 9.67. The normalized spacial score (nSPS) is 23.1. The number of thiophene rings is 1. The highest BCUT2D eigenvalue weighted by molar-refractivity contribution is 7.17. The fourth-order valence-electron chi connectivity index (χ4n) is 23.1. The Balaban J connectivity index is 0.000000103. The Morgan fingerprint density at radius 3 is 0.976 bits per heavy atom. The first-order chi connectivity index (χ1) is 61.6. The van der Waals surface area contributed by atoms with Gasteiger partial charge in [-0.2, -0.15) is 20.4 Å². The Labute approximate surface area is 739 Å². The van der Waals surface area contributed by atoms with E-state index >= 15 is 0 Å². The quantitative estimate of drug-likeness (QED) is 0.0883. The first kappa shape index (κ1) is 81.6. The molecule has 12 atom stereocenters. The Hall–Kier alpha value is -12.5. The number of benzene rings is 11. The number of nitrogens with zero attached hydrogens (tertiary/aromatic N) is 8. The van der Waals surface area contributed by atoms with Gasteiger partial charge < -0.3 is 20.4 Å². The van der Waals surface area contributed by atoms with Crippen molar-refractivity contribution in [2.75, 3.05) is 0 Å². The number of aliphatic hydroxyl groups is 4. The van der Waals surface area contributed by atoms with E-state index in [9.17, 15) is 38.0 Å². The van der Waals surface area contributed by atoms with Gasteiger partial charge in [0, 0.05) is 4.70 Å². The highest BCUT2D eigenvalue weighted by atomic mass is 32.1. The van der Waals surface area contributed by atoms with Gasteiger partial charge in [0.2, 0.25) is 0 Å². The van der Waals surface area contributed by atoms with Gasteiger partial charge in [-0.05, 0) is 350 Å².